The lowest BCUT2D eigenvalue weighted by atomic mass is 9.94. The fourth-order valence-corrected chi connectivity index (χ4v) is 2.91. The number of rotatable bonds is 5. The lowest BCUT2D eigenvalue weighted by Crippen LogP contribution is -2.49. The van der Waals surface area contributed by atoms with Crippen molar-refractivity contribution in [2.45, 2.75) is 24.8 Å². The monoisotopic (exact) mass is 291 g/mol. The summed E-state index contributed by atoms with van der Waals surface area (Å²) in [6.45, 7) is 0.702. The number of aliphatic hydroxyl groups excluding tert-OH is 1. The van der Waals surface area contributed by atoms with Gasteiger partial charge >= 0.3 is 0 Å². The molecule has 1 amide bonds. The van der Waals surface area contributed by atoms with Crippen LogP contribution < -0.4 is 5.32 Å². The number of amides is 1. The summed E-state index contributed by atoms with van der Waals surface area (Å²) < 4.78 is 30.7. The van der Waals surface area contributed by atoms with Crippen LogP contribution in [0.4, 0.5) is 8.78 Å². The van der Waals surface area contributed by atoms with Crippen molar-refractivity contribution in [3.8, 4) is 0 Å². The molecule has 7 heteroatoms. The van der Waals surface area contributed by atoms with Crippen LogP contribution in [0.25, 0.3) is 0 Å². The fourth-order valence-electron chi connectivity index (χ4n) is 2.17. The smallest absolute Gasteiger partial charge is 0.273 e. The maximum Gasteiger partial charge on any atom is 0.273 e. The van der Waals surface area contributed by atoms with Gasteiger partial charge in [0, 0.05) is 13.2 Å². The molecule has 1 aliphatic rings. The SMILES string of the molecule is O=C(NC1(CCO)CCOC1)c1ccsc1C(F)F. The molecule has 0 bridgehead atoms. The molecule has 1 unspecified atom stereocenters. The van der Waals surface area contributed by atoms with Gasteiger partial charge in [-0.25, -0.2) is 8.78 Å². The first-order valence-electron chi connectivity index (χ1n) is 5.95. The lowest BCUT2D eigenvalue weighted by molar-refractivity contribution is 0.0841. The first-order chi connectivity index (χ1) is 9.08. The Labute approximate surface area is 113 Å². The van der Waals surface area contributed by atoms with E-state index in [0.717, 1.165) is 11.3 Å². The molecule has 0 aromatic carbocycles. The standard InChI is InChI=1S/C12H15F2NO3S/c13-10(14)9-8(1-6-19-9)11(17)15-12(2-4-16)3-5-18-7-12/h1,6,10,16H,2-5,7H2,(H,15,17). The Kier molecular flexibility index (Phi) is 4.49. The lowest BCUT2D eigenvalue weighted by Gasteiger charge is -2.28. The molecule has 1 aromatic rings. The predicted molar refractivity (Wildman–Crippen MR) is 66.6 cm³/mol. The van der Waals surface area contributed by atoms with Crippen molar-refractivity contribution in [1.29, 1.82) is 0 Å². The van der Waals surface area contributed by atoms with E-state index < -0.39 is 17.9 Å². The van der Waals surface area contributed by atoms with E-state index in [0.29, 0.717) is 26.1 Å². The van der Waals surface area contributed by atoms with Crippen molar-refractivity contribution in [2.75, 3.05) is 19.8 Å². The molecular formula is C12H15F2NO3S. The fraction of sp³-hybridized carbons (Fsp3) is 0.583. The number of aliphatic hydroxyl groups is 1. The van der Waals surface area contributed by atoms with Gasteiger partial charge in [-0.1, -0.05) is 0 Å². The van der Waals surface area contributed by atoms with Crippen LogP contribution in [-0.4, -0.2) is 36.4 Å². The molecule has 4 nitrogen and oxygen atoms in total. The van der Waals surface area contributed by atoms with Crippen LogP contribution in [0.5, 0.6) is 0 Å². The number of carbonyl (C=O) groups is 1. The van der Waals surface area contributed by atoms with Gasteiger partial charge in [0.2, 0.25) is 0 Å². The molecule has 0 spiro atoms. The molecule has 0 aliphatic carbocycles. The third kappa shape index (κ3) is 3.10. The Balaban J connectivity index is 2.13. The normalized spacial score (nSPS) is 22.9. The van der Waals surface area contributed by atoms with Gasteiger partial charge in [0.25, 0.3) is 12.3 Å². The maximum absolute atomic E-state index is 12.7. The summed E-state index contributed by atoms with van der Waals surface area (Å²) in [4.78, 5) is 11.9. The van der Waals surface area contributed by atoms with Crippen LogP contribution >= 0.6 is 11.3 Å². The van der Waals surface area contributed by atoms with Crippen molar-refractivity contribution in [3.63, 3.8) is 0 Å². The molecule has 1 aromatic heterocycles. The second-order valence-electron chi connectivity index (χ2n) is 4.51. The van der Waals surface area contributed by atoms with E-state index in [4.69, 9.17) is 9.84 Å². The summed E-state index contributed by atoms with van der Waals surface area (Å²) in [5, 5.41) is 13.3. The van der Waals surface area contributed by atoms with Crippen molar-refractivity contribution >= 4 is 17.2 Å². The minimum Gasteiger partial charge on any atom is -0.396 e. The highest BCUT2D eigenvalue weighted by Crippen LogP contribution is 2.29. The Hall–Kier alpha value is -1.05. The van der Waals surface area contributed by atoms with E-state index in [1.807, 2.05) is 0 Å². The average Bonchev–Trinajstić information content (AvgIpc) is 2.97. The zero-order valence-corrected chi connectivity index (χ0v) is 11.0. The molecule has 0 radical (unpaired) electrons. The number of carbonyl (C=O) groups excluding carboxylic acids is 1. The van der Waals surface area contributed by atoms with Gasteiger partial charge in [0.1, 0.15) is 0 Å². The van der Waals surface area contributed by atoms with Crippen LogP contribution in [0, 0.1) is 0 Å². The van der Waals surface area contributed by atoms with Gasteiger partial charge in [-0.15, -0.1) is 11.3 Å². The number of hydrogen-bond acceptors (Lipinski definition) is 4. The van der Waals surface area contributed by atoms with Crippen LogP contribution in [-0.2, 0) is 4.74 Å². The van der Waals surface area contributed by atoms with E-state index in [1.165, 1.54) is 11.4 Å². The molecule has 1 fully saturated rings. The largest absolute Gasteiger partial charge is 0.396 e. The van der Waals surface area contributed by atoms with Gasteiger partial charge in [0.15, 0.2) is 0 Å². The van der Waals surface area contributed by atoms with Gasteiger partial charge < -0.3 is 15.2 Å². The van der Waals surface area contributed by atoms with Gasteiger partial charge in [-0.05, 0) is 24.3 Å². The van der Waals surface area contributed by atoms with E-state index in [-0.39, 0.29) is 17.0 Å². The number of thiophene rings is 1. The highest BCUT2D eigenvalue weighted by Gasteiger charge is 2.36. The van der Waals surface area contributed by atoms with Crippen LogP contribution in [0.1, 0.15) is 34.5 Å². The number of halogens is 2. The Bertz CT molecular complexity index is 444. The molecule has 1 saturated heterocycles. The topological polar surface area (TPSA) is 58.6 Å². The summed E-state index contributed by atoms with van der Waals surface area (Å²) in [6.07, 6.45) is -1.73. The third-order valence-electron chi connectivity index (χ3n) is 3.21. The van der Waals surface area contributed by atoms with E-state index in [2.05, 4.69) is 5.32 Å². The van der Waals surface area contributed by atoms with Gasteiger partial charge in [-0.3, -0.25) is 4.79 Å². The molecule has 19 heavy (non-hydrogen) atoms. The second kappa shape index (κ2) is 5.94. The number of nitrogens with one attached hydrogen (secondary N) is 1. The van der Waals surface area contributed by atoms with Crippen LogP contribution in [0.15, 0.2) is 11.4 Å². The summed E-state index contributed by atoms with van der Waals surface area (Å²) in [7, 11) is 0. The van der Waals surface area contributed by atoms with Crippen molar-refractivity contribution in [2.24, 2.45) is 0 Å². The van der Waals surface area contributed by atoms with Gasteiger partial charge in [-0.2, -0.15) is 0 Å². The second-order valence-corrected chi connectivity index (χ2v) is 5.46. The van der Waals surface area contributed by atoms with Crippen molar-refractivity contribution < 1.29 is 23.4 Å². The highest BCUT2D eigenvalue weighted by atomic mass is 32.1. The predicted octanol–water partition coefficient (Wildman–Crippen LogP) is 1.96. The quantitative estimate of drug-likeness (QED) is 0.872. The third-order valence-corrected chi connectivity index (χ3v) is 4.13. The molecule has 2 heterocycles. The minimum absolute atomic E-state index is 0.00390. The number of ether oxygens (including phenoxy) is 1. The first kappa shape index (κ1) is 14.4. The Morgan fingerprint density at radius 2 is 2.42 bits per heavy atom. The van der Waals surface area contributed by atoms with Crippen molar-refractivity contribution in [1.82, 2.24) is 5.32 Å². The summed E-state index contributed by atoms with van der Waals surface area (Å²) in [5.74, 6) is -0.532. The molecule has 1 atom stereocenters. The van der Waals surface area contributed by atoms with E-state index >= 15 is 0 Å². The Morgan fingerprint density at radius 3 is 3.00 bits per heavy atom. The molecule has 2 N–H and O–H groups in total. The number of alkyl halides is 2. The molecule has 1 aliphatic heterocycles. The summed E-state index contributed by atoms with van der Waals surface area (Å²) in [6, 6.07) is 1.39. The maximum atomic E-state index is 12.7. The zero-order chi connectivity index (χ0) is 13.9. The molecule has 0 saturated carbocycles. The van der Waals surface area contributed by atoms with Crippen LogP contribution in [0.2, 0.25) is 0 Å². The van der Waals surface area contributed by atoms with Gasteiger partial charge in [0.05, 0.1) is 22.6 Å². The average molecular weight is 291 g/mol. The number of hydrogen-bond donors (Lipinski definition) is 2. The van der Waals surface area contributed by atoms with E-state index in [1.54, 1.807) is 0 Å². The van der Waals surface area contributed by atoms with Crippen molar-refractivity contribution in [3.05, 3.63) is 21.9 Å². The molecule has 106 valence electrons. The highest BCUT2D eigenvalue weighted by molar-refractivity contribution is 7.10. The first-order valence-corrected chi connectivity index (χ1v) is 6.82. The summed E-state index contributed by atoms with van der Waals surface area (Å²) >= 11 is 0.865. The van der Waals surface area contributed by atoms with E-state index in [9.17, 15) is 13.6 Å². The molecular weight excluding hydrogens is 276 g/mol. The van der Waals surface area contributed by atoms with Crippen LogP contribution in [0.3, 0.4) is 0 Å². The Morgan fingerprint density at radius 1 is 1.63 bits per heavy atom. The zero-order valence-electron chi connectivity index (χ0n) is 10.2. The molecule has 2 rings (SSSR count). The summed E-state index contributed by atoms with van der Waals surface area (Å²) in [5.41, 5.74) is -0.642. The minimum atomic E-state index is -2.66.